The van der Waals surface area contributed by atoms with Crippen LogP contribution >= 0.6 is 0 Å². The van der Waals surface area contributed by atoms with Gasteiger partial charge in [0, 0.05) is 11.6 Å². The number of anilines is 1. The summed E-state index contributed by atoms with van der Waals surface area (Å²) in [4.78, 5) is 11.7. The molecule has 0 spiro atoms. The number of aryl methyl sites for hydroxylation is 1. The van der Waals surface area contributed by atoms with Crippen LogP contribution in [0.1, 0.15) is 21.8 Å². The highest BCUT2D eigenvalue weighted by molar-refractivity contribution is 5.94. The van der Waals surface area contributed by atoms with E-state index in [0.29, 0.717) is 11.3 Å². The van der Waals surface area contributed by atoms with E-state index in [4.69, 9.17) is 10.3 Å². The van der Waals surface area contributed by atoms with Gasteiger partial charge in [-0.2, -0.15) is 0 Å². The van der Waals surface area contributed by atoms with E-state index in [1.807, 2.05) is 0 Å². The predicted molar refractivity (Wildman–Crippen MR) is 63.2 cm³/mol. The second-order valence-corrected chi connectivity index (χ2v) is 3.85. The molecule has 0 bridgehead atoms. The molecule has 1 aromatic carbocycles. The summed E-state index contributed by atoms with van der Waals surface area (Å²) in [7, 11) is 0. The van der Waals surface area contributed by atoms with E-state index in [2.05, 4.69) is 10.5 Å². The van der Waals surface area contributed by atoms with E-state index in [1.165, 1.54) is 12.1 Å². The Labute approximate surface area is 103 Å². The lowest BCUT2D eigenvalue weighted by Crippen LogP contribution is -2.22. The van der Waals surface area contributed by atoms with Crippen molar-refractivity contribution in [1.29, 1.82) is 0 Å². The number of nitrogens with two attached hydrogens (primary N) is 1. The quantitative estimate of drug-likeness (QED) is 0.810. The van der Waals surface area contributed by atoms with Crippen LogP contribution in [0.5, 0.6) is 0 Å². The van der Waals surface area contributed by atoms with Gasteiger partial charge in [-0.25, -0.2) is 4.39 Å². The number of nitrogen functional groups attached to an aromatic ring is 1. The lowest BCUT2D eigenvalue weighted by Gasteiger charge is -2.04. The fraction of sp³-hybridized carbons (Fsp3) is 0.167. The van der Waals surface area contributed by atoms with Crippen molar-refractivity contribution < 1.29 is 13.7 Å². The first-order valence-electron chi connectivity index (χ1n) is 5.31. The first kappa shape index (κ1) is 12.1. The van der Waals surface area contributed by atoms with Gasteiger partial charge in [0.2, 0.25) is 0 Å². The van der Waals surface area contributed by atoms with Gasteiger partial charge in [-0.15, -0.1) is 0 Å². The van der Waals surface area contributed by atoms with Crippen molar-refractivity contribution in [1.82, 2.24) is 10.5 Å². The van der Waals surface area contributed by atoms with Crippen LogP contribution in [0.4, 0.5) is 10.1 Å². The smallest absolute Gasteiger partial charge is 0.251 e. The van der Waals surface area contributed by atoms with Crippen molar-refractivity contribution in [3.05, 3.63) is 47.1 Å². The molecule has 2 rings (SSSR count). The number of rotatable bonds is 3. The van der Waals surface area contributed by atoms with E-state index < -0.39 is 5.82 Å². The molecule has 0 saturated heterocycles. The highest BCUT2D eigenvalue weighted by atomic mass is 19.1. The number of nitrogens with zero attached hydrogens (tertiary/aromatic N) is 1. The summed E-state index contributed by atoms with van der Waals surface area (Å²) in [5.74, 6) is -0.343. The van der Waals surface area contributed by atoms with Crippen LogP contribution in [0.2, 0.25) is 0 Å². The molecule has 0 aliphatic carbocycles. The fourth-order valence-electron chi connectivity index (χ4n) is 1.45. The number of hydrogen-bond donors (Lipinski definition) is 2. The molecule has 2 aromatic rings. The molecule has 1 heterocycles. The van der Waals surface area contributed by atoms with Crippen LogP contribution in [0.3, 0.4) is 0 Å². The van der Waals surface area contributed by atoms with Crippen molar-refractivity contribution in [3.8, 4) is 0 Å². The Morgan fingerprint density at radius 1 is 1.50 bits per heavy atom. The third-order valence-electron chi connectivity index (χ3n) is 2.36. The molecule has 0 aliphatic heterocycles. The number of amides is 1. The Morgan fingerprint density at radius 3 is 2.89 bits per heavy atom. The van der Waals surface area contributed by atoms with Gasteiger partial charge in [-0.05, 0) is 25.1 Å². The monoisotopic (exact) mass is 249 g/mol. The molecule has 94 valence electrons. The van der Waals surface area contributed by atoms with Crippen LogP contribution < -0.4 is 11.1 Å². The lowest BCUT2D eigenvalue weighted by atomic mass is 10.2. The van der Waals surface area contributed by atoms with Crippen molar-refractivity contribution in [2.45, 2.75) is 13.5 Å². The molecule has 5 nitrogen and oxygen atoms in total. The highest BCUT2D eigenvalue weighted by Gasteiger charge is 2.09. The first-order valence-corrected chi connectivity index (χ1v) is 5.31. The molecule has 1 amide bonds. The second-order valence-electron chi connectivity index (χ2n) is 3.85. The number of hydrogen-bond acceptors (Lipinski definition) is 4. The van der Waals surface area contributed by atoms with Crippen LogP contribution in [0, 0.1) is 12.7 Å². The Hall–Kier alpha value is -2.37. The summed E-state index contributed by atoms with van der Waals surface area (Å²) in [5, 5.41) is 6.32. The normalized spacial score (nSPS) is 10.3. The molecule has 0 atom stereocenters. The molecule has 0 unspecified atom stereocenters. The summed E-state index contributed by atoms with van der Waals surface area (Å²) in [6.45, 7) is 2.01. The highest BCUT2D eigenvalue weighted by Crippen LogP contribution is 2.12. The van der Waals surface area contributed by atoms with Crippen molar-refractivity contribution in [2.24, 2.45) is 0 Å². The van der Waals surface area contributed by atoms with Gasteiger partial charge in [-0.1, -0.05) is 5.16 Å². The minimum absolute atomic E-state index is 0.0573. The van der Waals surface area contributed by atoms with Crippen LogP contribution in [-0.2, 0) is 6.54 Å². The van der Waals surface area contributed by atoms with Gasteiger partial charge in [0.25, 0.3) is 5.91 Å². The lowest BCUT2D eigenvalue weighted by molar-refractivity contribution is 0.0947. The molecule has 1 aromatic heterocycles. The van der Waals surface area contributed by atoms with Gasteiger partial charge >= 0.3 is 0 Å². The average Bonchev–Trinajstić information content (AvgIpc) is 2.75. The fourth-order valence-corrected chi connectivity index (χ4v) is 1.45. The van der Waals surface area contributed by atoms with E-state index in [0.717, 1.165) is 11.8 Å². The van der Waals surface area contributed by atoms with Gasteiger partial charge in [0.1, 0.15) is 5.82 Å². The molecule has 0 radical (unpaired) electrons. The van der Waals surface area contributed by atoms with E-state index >= 15 is 0 Å². The molecule has 3 N–H and O–H groups in total. The maximum absolute atomic E-state index is 12.9. The summed E-state index contributed by atoms with van der Waals surface area (Å²) in [5.41, 5.74) is 6.37. The molecule has 6 heteroatoms. The average molecular weight is 249 g/mol. The Balaban J connectivity index is 2.01. The van der Waals surface area contributed by atoms with Gasteiger partial charge < -0.3 is 15.6 Å². The summed E-state index contributed by atoms with van der Waals surface area (Å²) < 4.78 is 17.9. The van der Waals surface area contributed by atoms with Crippen molar-refractivity contribution in [2.75, 3.05) is 5.73 Å². The Morgan fingerprint density at radius 2 is 2.28 bits per heavy atom. The Kier molecular flexibility index (Phi) is 3.27. The van der Waals surface area contributed by atoms with E-state index in [-0.39, 0.29) is 18.1 Å². The molecule has 0 saturated carbocycles. The predicted octanol–water partition coefficient (Wildman–Crippen LogP) is 1.63. The zero-order valence-electron chi connectivity index (χ0n) is 9.74. The van der Waals surface area contributed by atoms with Crippen molar-refractivity contribution >= 4 is 11.6 Å². The summed E-state index contributed by atoms with van der Waals surface area (Å²) in [6, 6.07) is 5.53. The standard InChI is InChI=1S/C12H12FN3O2/c1-7-4-9(18-16-7)6-15-12(17)8-2-3-10(13)11(14)5-8/h2-5H,6,14H2,1H3,(H,15,17). The van der Waals surface area contributed by atoms with E-state index in [9.17, 15) is 9.18 Å². The third kappa shape index (κ3) is 2.65. The largest absolute Gasteiger partial charge is 0.396 e. The molecule has 0 aliphatic rings. The number of carbonyl (C=O) groups is 1. The summed E-state index contributed by atoms with van der Waals surface area (Å²) >= 11 is 0. The van der Waals surface area contributed by atoms with Crippen LogP contribution in [0.15, 0.2) is 28.8 Å². The van der Waals surface area contributed by atoms with Gasteiger partial charge in [-0.3, -0.25) is 4.79 Å². The Bertz CT molecular complexity index is 580. The van der Waals surface area contributed by atoms with E-state index in [1.54, 1.807) is 13.0 Å². The summed E-state index contributed by atoms with van der Waals surface area (Å²) in [6.07, 6.45) is 0. The number of benzene rings is 1. The van der Waals surface area contributed by atoms with Crippen LogP contribution in [-0.4, -0.2) is 11.1 Å². The zero-order chi connectivity index (χ0) is 13.1. The van der Waals surface area contributed by atoms with Gasteiger partial charge in [0.15, 0.2) is 5.76 Å². The third-order valence-corrected chi connectivity index (χ3v) is 2.36. The SMILES string of the molecule is Cc1cc(CNC(=O)c2ccc(F)c(N)c2)on1. The molecule has 18 heavy (non-hydrogen) atoms. The van der Waals surface area contributed by atoms with Crippen molar-refractivity contribution in [3.63, 3.8) is 0 Å². The van der Waals surface area contributed by atoms with Crippen LogP contribution in [0.25, 0.3) is 0 Å². The zero-order valence-corrected chi connectivity index (χ0v) is 9.74. The topological polar surface area (TPSA) is 81.2 Å². The number of nitrogens with one attached hydrogen (secondary N) is 1. The maximum atomic E-state index is 12.9. The first-order chi connectivity index (χ1) is 8.56. The molecular weight excluding hydrogens is 237 g/mol. The molecular formula is C12H12FN3O2. The maximum Gasteiger partial charge on any atom is 0.251 e. The molecule has 0 fully saturated rings. The number of carbonyl (C=O) groups excluding carboxylic acids is 1. The number of aromatic nitrogens is 1. The second kappa shape index (κ2) is 4.87. The minimum atomic E-state index is -0.544. The minimum Gasteiger partial charge on any atom is -0.396 e. The van der Waals surface area contributed by atoms with Gasteiger partial charge in [0.05, 0.1) is 17.9 Å². The number of halogens is 1.